The third kappa shape index (κ3) is 3.12. The minimum atomic E-state index is -0.579. The molecular formula is C11H8BrClN4O2. The molecule has 2 aromatic rings. The summed E-state index contributed by atoms with van der Waals surface area (Å²) in [4.78, 5) is 14.0. The highest BCUT2D eigenvalue weighted by Crippen LogP contribution is 2.29. The molecule has 0 bridgehead atoms. The number of nitrogens with one attached hydrogen (secondary N) is 1. The van der Waals surface area contributed by atoms with Gasteiger partial charge in [-0.25, -0.2) is 4.98 Å². The van der Waals surface area contributed by atoms with Crippen molar-refractivity contribution in [2.75, 3.05) is 11.1 Å². The maximum atomic E-state index is 10.6. The average Bonchev–Trinajstić information content (AvgIpc) is 2.32. The van der Waals surface area contributed by atoms with Crippen LogP contribution in [0.25, 0.3) is 0 Å². The summed E-state index contributed by atoms with van der Waals surface area (Å²) >= 11 is 9.18. The predicted octanol–water partition coefficient (Wildman–Crippen LogP) is 3.73. The van der Waals surface area contributed by atoms with Crippen LogP contribution < -0.4 is 11.1 Å². The molecule has 0 radical (unpaired) electrons. The lowest BCUT2D eigenvalue weighted by atomic mass is 10.3. The Bertz CT molecular complexity index is 651. The van der Waals surface area contributed by atoms with Gasteiger partial charge in [0.15, 0.2) is 0 Å². The number of anilines is 3. The van der Waals surface area contributed by atoms with Crippen molar-refractivity contribution < 1.29 is 4.92 Å². The molecule has 0 spiro atoms. The number of nitro groups is 1. The Kier molecular flexibility index (Phi) is 3.87. The molecule has 98 valence electrons. The molecule has 6 nitrogen and oxygen atoms in total. The van der Waals surface area contributed by atoms with Crippen LogP contribution in [0.3, 0.4) is 0 Å². The molecule has 0 aliphatic heterocycles. The fourth-order valence-electron chi connectivity index (χ4n) is 1.42. The second kappa shape index (κ2) is 5.41. The first kappa shape index (κ1) is 13.6. The number of pyridine rings is 1. The van der Waals surface area contributed by atoms with Gasteiger partial charge in [0.1, 0.15) is 5.82 Å². The maximum absolute atomic E-state index is 10.6. The molecule has 0 fully saturated rings. The first-order valence-electron chi connectivity index (χ1n) is 5.10. The fourth-order valence-corrected chi connectivity index (χ4v) is 2.20. The molecule has 1 aromatic carbocycles. The highest BCUT2D eigenvalue weighted by molar-refractivity contribution is 9.10. The largest absolute Gasteiger partial charge is 0.378 e. The minimum absolute atomic E-state index is 0.139. The molecule has 0 aliphatic carbocycles. The second-order valence-corrected chi connectivity index (χ2v) is 4.90. The normalized spacial score (nSPS) is 10.2. The van der Waals surface area contributed by atoms with Crippen molar-refractivity contribution in [2.24, 2.45) is 0 Å². The third-order valence-electron chi connectivity index (χ3n) is 2.29. The monoisotopic (exact) mass is 342 g/mol. The van der Waals surface area contributed by atoms with E-state index in [4.69, 9.17) is 17.3 Å². The molecule has 2 rings (SSSR count). The lowest BCUT2D eigenvalue weighted by Crippen LogP contribution is -2.01. The quantitative estimate of drug-likeness (QED) is 0.654. The van der Waals surface area contributed by atoms with E-state index >= 15 is 0 Å². The van der Waals surface area contributed by atoms with Gasteiger partial charge in [-0.05, 0) is 40.2 Å². The van der Waals surface area contributed by atoms with Crippen molar-refractivity contribution in [3.05, 3.63) is 49.9 Å². The van der Waals surface area contributed by atoms with Crippen molar-refractivity contribution in [2.45, 2.75) is 0 Å². The number of rotatable bonds is 3. The maximum Gasteiger partial charge on any atom is 0.311 e. The Morgan fingerprint density at radius 1 is 1.37 bits per heavy atom. The summed E-state index contributed by atoms with van der Waals surface area (Å²) in [7, 11) is 0. The molecular weight excluding hydrogens is 336 g/mol. The first-order valence-corrected chi connectivity index (χ1v) is 6.27. The summed E-state index contributed by atoms with van der Waals surface area (Å²) in [5, 5.41) is 14.2. The first-order chi connectivity index (χ1) is 8.97. The molecule has 0 aliphatic rings. The smallest absolute Gasteiger partial charge is 0.311 e. The van der Waals surface area contributed by atoms with Crippen LogP contribution in [0.2, 0.25) is 5.02 Å². The van der Waals surface area contributed by atoms with Gasteiger partial charge in [-0.3, -0.25) is 10.1 Å². The Morgan fingerprint density at radius 2 is 2.11 bits per heavy atom. The summed E-state index contributed by atoms with van der Waals surface area (Å²) in [5.74, 6) is 0.270. The van der Waals surface area contributed by atoms with Crippen LogP contribution in [-0.4, -0.2) is 9.91 Å². The molecule has 1 aromatic heterocycles. The van der Waals surface area contributed by atoms with Crippen LogP contribution in [-0.2, 0) is 0 Å². The zero-order valence-electron chi connectivity index (χ0n) is 9.43. The van der Waals surface area contributed by atoms with Crippen LogP contribution in [0.15, 0.2) is 34.8 Å². The molecule has 0 saturated carbocycles. The van der Waals surface area contributed by atoms with E-state index in [9.17, 15) is 10.1 Å². The van der Waals surface area contributed by atoms with E-state index in [0.29, 0.717) is 10.8 Å². The zero-order chi connectivity index (χ0) is 14.0. The van der Waals surface area contributed by atoms with Crippen LogP contribution in [0.1, 0.15) is 0 Å². The molecule has 8 heteroatoms. The van der Waals surface area contributed by atoms with Crippen molar-refractivity contribution in [3.8, 4) is 0 Å². The number of nitrogens with two attached hydrogens (primary N) is 1. The minimum Gasteiger partial charge on any atom is -0.378 e. The zero-order valence-corrected chi connectivity index (χ0v) is 11.8. The summed E-state index contributed by atoms with van der Waals surface area (Å²) in [5.41, 5.74) is 6.02. The van der Waals surface area contributed by atoms with Crippen LogP contribution in [0.4, 0.5) is 23.0 Å². The van der Waals surface area contributed by atoms with E-state index in [1.54, 1.807) is 18.2 Å². The topological polar surface area (TPSA) is 94.1 Å². The van der Waals surface area contributed by atoms with Gasteiger partial charge in [0.2, 0.25) is 5.82 Å². The Balaban J connectivity index is 2.29. The van der Waals surface area contributed by atoms with Crippen molar-refractivity contribution in [1.82, 2.24) is 4.98 Å². The summed E-state index contributed by atoms with van der Waals surface area (Å²) < 4.78 is 0.749. The van der Waals surface area contributed by atoms with Gasteiger partial charge in [-0.1, -0.05) is 11.6 Å². The number of hydrogen-bond acceptors (Lipinski definition) is 5. The molecule has 0 atom stereocenters. The van der Waals surface area contributed by atoms with E-state index in [1.165, 1.54) is 12.1 Å². The molecule has 19 heavy (non-hydrogen) atoms. The van der Waals surface area contributed by atoms with Gasteiger partial charge < -0.3 is 11.1 Å². The molecule has 3 N–H and O–H groups in total. The third-order valence-corrected chi connectivity index (χ3v) is 3.18. The van der Waals surface area contributed by atoms with Crippen LogP contribution >= 0.6 is 27.5 Å². The van der Waals surface area contributed by atoms with Gasteiger partial charge in [0, 0.05) is 15.6 Å². The Labute approximate surface area is 121 Å². The van der Waals surface area contributed by atoms with E-state index in [2.05, 4.69) is 26.2 Å². The van der Waals surface area contributed by atoms with Crippen LogP contribution in [0, 0.1) is 10.1 Å². The fraction of sp³-hybridized carbons (Fsp3) is 0. The Morgan fingerprint density at radius 3 is 2.68 bits per heavy atom. The number of benzene rings is 1. The van der Waals surface area contributed by atoms with Crippen molar-refractivity contribution >= 4 is 50.5 Å². The van der Waals surface area contributed by atoms with Crippen molar-refractivity contribution in [1.29, 1.82) is 0 Å². The highest BCUT2D eigenvalue weighted by atomic mass is 79.9. The van der Waals surface area contributed by atoms with E-state index in [-0.39, 0.29) is 11.5 Å². The van der Waals surface area contributed by atoms with Gasteiger partial charge in [-0.15, -0.1) is 0 Å². The van der Waals surface area contributed by atoms with Gasteiger partial charge in [0.25, 0.3) is 0 Å². The summed E-state index contributed by atoms with van der Waals surface area (Å²) in [6.07, 6.45) is 0. The van der Waals surface area contributed by atoms with Gasteiger partial charge >= 0.3 is 5.69 Å². The van der Waals surface area contributed by atoms with E-state index < -0.39 is 4.92 Å². The van der Waals surface area contributed by atoms with Crippen molar-refractivity contribution in [3.63, 3.8) is 0 Å². The molecule has 1 heterocycles. The highest BCUT2D eigenvalue weighted by Gasteiger charge is 2.13. The number of aromatic nitrogens is 1. The van der Waals surface area contributed by atoms with E-state index in [1.807, 2.05) is 0 Å². The number of nitrogens with zero attached hydrogens (tertiary/aromatic N) is 2. The van der Waals surface area contributed by atoms with E-state index in [0.717, 1.165) is 10.2 Å². The average molecular weight is 344 g/mol. The SMILES string of the molecule is Nc1nc(Nc2ccc(Cl)cc2Br)ccc1[N+](=O)[O-]. The summed E-state index contributed by atoms with van der Waals surface area (Å²) in [6, 6.07) is 7.97. The standard InChI is InChI=1S/C11H8BrClN4O2/c12-7-5-6(13)1-2-8(7)15-10-4-3-9(17(18)19)11(14)16-10/h1-5H,(H3,14,15,16). The summed E-state index contributed by atoms with van der Waals surface area (Å²) in [6.45, 7) is 0. The van der Waals surface area contributed by atoms with Gasteiger partial charge in [-0.2, -0.15) is 0 Å². The van der Waals surface area contributed by atoms with Crippen LogP contribution in [0.5, 0.6) is 0 Å². The molecule has 0 unspecified atom stereocenters. The lowest BCUT2D eigenvalue weighted by Gasteiger charge is -2.08. The predicted molar refractivity (Wildman–Crippen MR) is 77.7 cm³/mol. The number of nitrogen functional groups attached to an aromatic ring is 1. The number of halogens is 2. The second-order valence-electron chi connectivity index (χ2n) is 3.61. The lowest BCUT2D eigenvalue weighted by molar-refractivity contribution is -0.384. The molecule has 0 saturated heterocycles. The number of hydrogen-bond donors (Lipinski definition) is 2. The molecule has 0 amide bonds. The van der Waals surface area contributed by atoms with Gasteiger partial charge in [0.05, 0.1) is 10.6 Å². The Hall–Kier alpha value is -1.86.